The summed E-state index contributed by atoms with van der Waals surface area (Å²) >= 11 is 1.57. The number of anilines is 1. The van der Waals surface area contributed by atoms with Crippen LogP contribution in [0.2, 0.25) is 0 Å². The number of hydrogen-bond donors (Lipinski definition) is 1. The average Bonchev–Trinajstić information content (AvgIpc) is 2.93. The van der Waals surface area contributed by atoms with Gasteiger partial charge in [0.25, 0.3) is 5.56 Å². The number of hydrogen-bond acceptors (Lipinski definition) is 4. The normalized spacial score (nSPS) is 10.8. The predicted molar refractivity (Wildman–Crippen MR) is 82.4 cm³/mol. The lowest BCUT2D eigenvalue weighted by Crippen LogP contribution is -2.22. The molecule has 1 aromatic carbocycles. The van der Waals surface area contributed by atoms with E-state index in [0.29, 0.717) is 24.6 Å². The Morgan fingerprint density at radius 1 is 1.20 bits per heavy atom. The predicted octanol–water partition coefficient (Wildman–Crippen LogP) is 2.72. The molecule has 2 heterocycles. The van der Waals surface area contributed by atoms with Crippen LogP contribution in [0.4, 0.5) is 5.69 Å². The number of nitrogens with zero attached hydrogens (tertiary/aromatic N) is 1. The third kappa shape index (κ3) is 2.40. The monoisotopic (exact) mass is 286 g/mol. The molecule has 0 spiro atoms. The van der Waals surface area contributed by atoms with E-state index < -0.39 is 0 Å². The van der Waals surface area contributed by atoms with Crippen LogP contribution >= 0.6 is 11.3 Å². The van der Waals surface area contributed by atoms with E-state index in [2.05, 4.69) is 0 Å². The van der Waals surface area contributed by atoms with Crippen LogP contribution in [0.1, 0.15) is 0 Å². The number of para-hydroxylation sites is 2. The molecule has 0 bridgehead atoms. The molecule has 0 aliphatic heterocycles. The number of fused-ring (bicyclic) bond motifs is 1. The van der Waals surface area contributed by atoms with Gasteiger partial charge in [-0.25, -0.2) is 0 Å². The largest absolute Gasteiger partial charge is 0.490 e. The van der Waals surface area contributed by atoms with E-state index in [1.54, 1.807) is 28.2 Å². The second-order valence-electron chi connectivity index (χ2n) is 4.40. The standard InChI is InChI=1S/C15H14N2O2S/c16-12-3-1-2-4-13(12)19-9-8-17-7-5-14-11(15(17)18)6-10-20-14/h1-7,10H,8-9,16H2. The van der Waals surface area contributed by atoms with Gasteiger partial charge in [-0.3, -0.25) is 4.79 Å². The lowest BCUT2D eigenvalue weighted by atomic mass is 10.3. The molecular weight excluding hydrogens is 272 g/mol. The van der Waals surface area contributed by atoms with Crippen molar-refractivity contribution in [3.63, 3.8) is 0 Å². The number of ether oxygens (including phenoxy) is 1. The Labute approximate surface area is 120 Å². The molecule has 0 saturated carbocycles. The first-order chi connectivity index (χ1) is 9.75. The van der Waals surface area contributed by atoms with Gasteiger partial charge in [-0.2, -0.15) is 0 Å². The Morgan fingerprint density at radius 3 is 2.90 bits per heavy atom. The Hall–Kier alpha value is -2.27. The maximum atomic E-state index is 12.2. The van der Waals surface area contributed by atoms with E-state index >= 15 is 0 Å². The Balaban J connectivity index is 1.73. The Kier molecular flexibility index (Phi) is 3.43. The Bertz CT molecular complexity index is 792. The molecule has 0 fully saturated rings. The minimum atomic E-state index is 0.0217. The molecule has 0 atom stereocenters. The molecule has 5 heteroatoms. The first-order valence-electron chi connectivity index (χ1n) is 6.29. The second-order valence-corrected chi connectivity index (χ2v) is 5.35. The van der Waals surface area contributed by atoms with Crippen molar-refractivity contribution in [1.82, 2.24) is 4.57 Å². The maximum absolute atomic E-state index is 12.2. The summed E-state index contributed by atoms with van der Waals surface area (Å²) < 4.78 is 8.28. The molecular formula is C15H14N2O2S. The molecule has 3 aromatic rings. The van der Waals surface area contributed by atoms with Gasteiger partial charge >= 0.3 is 0 Å². The molecule has 0 radical (unpaired) electrons. The third-order valence-electron chi connectivity index (χ3n) is 3.10. The van der Waals surface area contributed by atoms with Crippen molar-refractivity contribution in [2.45, 2.75) is 6.54 Å². The van der Waals surface area contributed by atoms with Gasteiger partial charge in [-0.05, 0) is 29.6 Å². The maximum Gasteiger partial charge on any atom is 0.259 e. The van der Waals surface area contributed by atoms with E-state index in [1.807, 2.05) is 35.7 Å². The zero-order valence-electron chi connectivity index (χ0n) is 10.8. The molecule has 0 unspecified atom stereocenters. The van der Waals surface area contributed by atoms with Crippen molar-refractivity contribution in [3.05, 3.63) is 58.3 Å². The summed E-state index contributed by atoms with van der Waals surface area (Å²) in [6.07, 6.45) is 1.80. The van der Waals surface area contributed by atoms with E-state index in [9.17, 15) is 4.79 Å². The highest BCUT2D eigenvalue weighted by molar-refractivity contribution is 7.17. The highest BCUT2D eigenvalue weighted by atomic mass is 32.1. The molecule has 2 N–H and O–H groups in total. The fourth-order valence-corrected chi connectivity index (χ4v) is 2.82. The number of nitrogen functional groups attached to an aromatic ring is 1. The van der Waals surface area contributed by atoms with Crippen LogP contribution in [0.5, 0.6) is 5.75 Å². The lowest BCUT2D eigenvalue weighted by molar-refractivity contribution is 0.298. The zero-order valence-corrected chi connectivity index (χ0v) is 11.6. The molecule has 0 amide bonds. The minimum absolute atomic E-state index is 0.0217. The summed E-state index contributed by atoms with van der Waals surface area (Å²) in [5.41, 5.74) is 6.42. The molecule has 4 nitrogen and oxygen atoms in total. The molecule has 20 heavy (non-hydrogen) atoms. The van der Waals surface area contributed by atoms with Gasteiger partial charge in [-0.15, -0.1) is 11.3 Å². The van der Waals surface area contributed by atoms with E-state index in [1.165, 1.54) is 0 Å². The van der Waals surface area contributed by atoms with Crippen molar-refractivity contribution in [1.29, 1.82) is 0 Å². The van der Waals surface area contributed by atoms with Crippen molar-refractivity contribution in [2.75, 3.05) is 12.3 Å². The lowest BCUT2D eigenvalue weighted by Gasteiger charge is -2.10. The van der Waals surface area contributed by atoms with E-state index in [0.717, 1.165) is 10.1 Å². The van der Waals surface area contributed by atoms with Gasteiger partial charge in [0, 0.05) is 10.9 Å². The summed E-state index contributed by atoms with van der Waals surface area (Å²) in [6.45, 7) is 0.905. The van der Waals surface area contributed by atoms with E-state index in [-0.39, 0.29) is 5.56 Å². The van der Waals surface area contributed by atoms with Crippen LogP contribution in [0, 0.1) is 0 Å². The fourth-order valence-electron chi connectivity index (χ4n) is 2.05. The van der Waals surface area contributed by atoms with Crippen molar-refractivity contribution in [2.24, 2.45) is 0 Å². The number of aromatic nitrogens is 1. The molecule has 3 rings (SSSR count). The van der Waals surface area contributed by atoms with Gasteiger partial charge in [0.1, 0.15) is 12.4 Å². The third-order valence-corrected chi connectivity index (χ3v) is 3.98. The molecule has 0 aliphatic rings. The molecule has 102 valence electrons. The fraction of sp³-hybridized carbons (Fsp3) is 0.133. The minimum Gasteiger partial charge on any atom is -0.490 e. The first kappa shape index (κ1) is 12.7. The topological polar surface area (TPSA) is 57.2 Å². The summed E-state index contributed by atoms with van der Waals surface area (Å²) in [5, 5.41) is 2.69. The van der Waals surface area contributed by atoms with Crippen LogP contribution in [0.15, 0.2) is 52.8 Å². The highest BCUT2D eigenvalue weighted by Gasteiger charge is 2.04. The summed E-state index contributed by atoms with van der Waals surface area (Å²) in [7, 11) is 0. The van der Waals surface area contributed by atoms with Crippen LogP contribution in [0.3, 0.4) is 0 Å². The SMILES string of the molecule is Nc1ccccc1OCCn1ccc2sccc2c1=O. The zero-order chi connectivity index (χ0) is 13.9. The van der Waals surface area contributed by atoms with Crippen molar-refractivity contribution < 1.29 is 4.74 Å². The van der Waals surface area contributed by atoms with Gasteiger partial charge < -0.3 is 15.0 Å². The van der Waals surface area contributed by atoms with Gasteiger partial charge in [-0.1, -0.05) is 12.1 Å². The van der Waals surface area contributed by atoms with E-state index in [4.69, 9.17) is 10.5 Å². The number of pyridine rings is 1. The number of nitrogens with two attached hydrogens (primary N) is 1. The number of thiophene rings is 1. The van der Waals surface area contributed by atoms with Crippen molar-refractivity contribution >= 4 is 27.1 Å². The molecule has 0 saturated heterocycles. The number of benzene rings is 1. The van der Waals surface area contributed by atoms with Gasteiger partial charge in [0.05, 0.1) is 17.6 Å². The Morgan fingerprint density at radius 2 is 2.05 bits per heavy atom. The highest BCUT2D eigenvalue weighted by Crippen LogP contribution is 2.19. The van der Waals surface area contributed by atoms with Crippen molar-refractivity contribution in [3.8, 4) is 5.75 Å². The first-order valence-corrected chi connectivity index (χ1v) is 7.17. The average molecular weight is 286 g/mol. The van der Waals surface area contributed by atoms with Crippen LogP contribution in [-0.2, 0) is 6.54 Å². The summed E-state index contributed by atoms with van der Waals surface area (Å²) in [5.74, 6) is 0.650. The van der Waals surface area contributed by atoms with Crippen LogP contribution < -0.4 is 16.0 Å². The molecule has 2 aromatic heterocycles. The summed E-state index contributed by atoms with van der Waals surface area (Å²) in [4.78, 5) is 12.2. The molecule has 0 aliphatic carbocycles. The van der Waals surface area contributed by atoms with Gasteiger partial charge in [0.2, 0.25) is 0 Å². The van der Waals surface area contributed by atoms with Gasteiger partial charge in [0.15, 0.2) is 0 Å². The van der Waals surface area contributed by atoms with Crippen LogP contribution in [0.25, 0.3) is 10.1 Å². The second kappa shape index (κ2) is 5.38. The smallest absolute Gasteiger partial charge is 0.259 e. The quantitative estimate of drug-likeness (QED) is 0.750. The summed E-state index contributed by atoms with van der Waals surface area (Å²) in [6, 6.07) is 11.2. The number of rotatable bonds is 4. The van der Waals surface area contributed by atoms with Crippen LogP contribution in [-0.4, -0.2) is 11.2 Å².